The number of para-hydroxylation sites is 1. The Morgan fingerprint density at radius 1 is 1.09 bits per heavy atom. The summed E-state index contributed by atoms with van der Waals surface area (Å²) in [5.74, 6) is -0.409. The van der Waals surface area contributed by atoms with E-state index in [2.05, 4.69) is 30.8 Å². The van der Waals surface area contributed by atoms with Crippen molar-refractivity contribution in [2.24, 2.45) is 0 Å². The van der Waals surface area contributed by atoms with Crippen molar-refractivity contribution in [3.8, 4) is 11.3 Å². The highest BCUT2D eigenvalue weighted by Gasteiger charge is 2.33. The quantitative estimate of drug-likeness (QED) is 0.247. The normalized spacial score (nSPS) is 13.9. The number of fused-ring (bicyclic) bond motifs is 1. The van der Waals surface area contributed by atoms with Crippen LogP contribution in [0.15, 0.2) is 69.8 Å². The number of halogens is 2. The van der Waals surface area contributed by atoms with Crippen molar-refractivity contribution in [3.63, 3.8) is 0 Å². The fourth-order valence-corrected chi connectivity index (χ4v) is 4.65. The summed E-state index contributed by atoms with van der Waals surface area (Å²) in [5.41, 5.74) is 2.88. The first-order chi connectivity index (χ1) is 15.2. The highest BCUT2D eigenvalue weighted by Crippen LogP contribution is 2.36. The van der Waals surface area contributed by atoms with Gasteiger partial charge in [-0.2, -0.15) is 0 Å². The second kappa shape index (κ2) is 9.31. The van der Waals surface area contributed by atoms with Crippen LogP contribution in [0.4, 0.5) is 4.39 Å². The second-order valence-corrected chi connectivity index (χ2v) is 11.2. The Morgan fingerprint density at radius 2 is 1.84 bits per heavy atom. The first-order valence-electron chi connectivity index (χ1n) is 10.2. The van der Waals surface area contributed by atoms with Crippen LogP contribution in [0.2, 0.25) is 0 Å². The zero-order valence-corrected chi connectivity index (χ0v) is 20.3. The fourth-order valence-electron chi connectivity index (χ4n) is 3.46. The van der Waals surface area contributed by atoms with Crippen molar-refractivity contribution < 1.29 is 13.5 Å². The molecule has 8 heteroatoms. The minimum Gasteiger partial charge on any atom is -0.598 e. The van der Waals surface area contributed by atoms with Gasteiger partial charge in [0.1, 0.15) is 20.9 Å². The number of nitrogens with zero attached hydrogens (tertiary/aromatic N) is 2. The number of hydrogen-bond acceptors (Lipinski definition) is 5. The number of rotatable bonds is 6. The molecule has 0 saturated heterocycles. The Labute approximate surface area is 197 Å². The minimum absolute atomic E-state index is 0.338. The summed E-state index contributed by atoms with van der Waals surface area (Å²) in [5, 5.41) is 5.02. The van der Waals surface area contributed by atoms with Crippen molar-refractivity contribution in [1.82, 2.24) is 14.9 Å². The van der Waals surface area contributed by atoms with Gasteiger partial charge >= 0.3 is 0 Å². The molecule has 0 fully saturated rings. The molecular formula is C24H23BrFN3O2S. The molecule has 4 aromatic rings. The van der Waals surface area contributed by atoms with E-state index in [9.17, 15) is 4.55 Å². The molecule has 5 nitrogen and oxygen atoms in total. The van der Waals surface area contributed by atoms with Gasteiger partial charge in [-0.05, 0) is 67.0 Å². The number of hydrogen-bond donors (Lipinski definition) is 1. The third-order valence-corrected chi connectivity index (χ3v) is 7.08. The molecule has 0 aliphatic heterocycles. The van der Waals surface area contributed by atoms with E-state index in [0.717, 1.165) is 11.1 Å². The van der Waals surface area contributed by atoms with E-state index >= 15 is 4.39 Å². The zero-order valence-electron chi connectivity index (χ0n) is 17.9. The molecule has 0 amide bonds. The molecule has 0 bridgehead atoms. The predicted molar refractivity (Wildman–Crippen MR) is 129 cm³/mol. The van der Waals surface area contributed by atoms with Gasteiger partial charge in [-0.3, -0.25) is 0 Å². The number of pyridine rings is 1. The van der Waals surface area contributed by atoms with Crippen LogP contribution in [-0.4, -0.2) is 19.4 Å². The van der Waals surface area contributed by atoms with Crippen LogP contribution in [0, 0.1) is 5.82 Å². The van der Waals surface area contributed by atoms with Crippen molar-refractivity contribution in [1.29, 1.82) is 0 Å². The van der Waals surface area contributed by atoms with Crippen LogP contribution in [0.3, 0.4) is 0 Å². The highest BCUT2D eigenvalue weighted by atomic mass is 79.9. The molecule has 0 saturated carbocycles. The lowest BCUT2D eigenvalue weighted by Crippen LogP contribution is -2.42. The maximum Gasteiger partial charge on any atom is 0.167 e. The third kappa shape index (κ3) is 4.88. The van der Waals surface area contributed by atoms with Crippen LogP contribution in [0.1, 0.15) is 38.1 Å². The lowest BCUT2D eigenvalue weighted by Gasteiger charge is -2.29. The molecule has 166 valence electrons. The van der Waals surface area contributed by atoms with Crippen molar-refractivity contribution in [3.05, 3.63) is 82.3 Å². The smallest absolute Gasteiger partial charge is 0.167 e. The summed E-state index contributed by atoms with van der Waals surface area (Å²) in [4.78, 5) is 4.50. The predicted octanol–water partition coefficient (Wildman–Crippen LogP) is 6.13. The van der Waals surface area contributed by atoms with Gasteiger partial charge in [0.15, 0.2) is 5.58 Å². The first kappa shape index (κ1) is 22.9. The Morgan fingerprint density at radius 3 is 2.59 bits per heavy atom. The third-order valence-electron chi connectivity index (χ3n) is 5.03. The molecule has 1 N–H and O–H groups in total. The van der Waals surface area contributed by atoms with Crippen molar-refractivity contribution >= 4 is 38.3 Å². The van der Waals surface area contributed by atoms with E-state index in [0.29, 0.717) is 33.4 Å². The molecule has 2 aromatic heterocycles. The Kier molecular flexibility index (Phi) is 6.67. The van der Waals surface area contributed by atoms with E-state index in [4.69, 9.17) is 4.52 Å². The summed E-state index contributed by atoms with van der Waals surface area (Å²) >= 11 is 1.95. The van der Waals surface area contributed by atoms with Gasteiger partial charge in [0.25, 0.3) is 0 Å². The molecular weight excluding hydrogens is 493 g/mol. The second-order valence-electron chi connectivity index (χ2n) is 8.44. The van der Waals surface area contributed by atoms with Gasteiger partial charge in [0, 0.05) is 40.0 Å². The number of nitrogens with one attached hydrogen (secondary N) is 1. The van der Waals surface area contributed by atoms with Crippen molar-refractivity contribution in [2.75, 3.05) is 0 Å². The number of aromatic nitrogens is 2. The number of benzene rings is 2. The molecule has 2 aromatic carbocycles. The van der Waals surface area contributed by atoms with Crippen LogP contribution in [-0.2, 0) is 17.8 Å². The Bertz CT molecular complexity index is 1240. The van der Waals surface area contributed by atoms with Crippen LogP contribution in [0.25, 0.3) is 22.2 Å². The Balaban J connectivity index is 1.85. The van der Waals surface area contributed by atoms with Crippen LogP contribution in [0.5, 0.6) is 0 Å². The largest absolute Gasteiger partial charge is 0.598 e. The summed E-state index contributed by atoms with van der Waals surface area (Å²) in [6.07, 6.45) is 0.338. The van der Waals surface area contributed by atoms with E-state index in [1.54, 1.807) is 6.07 Å². The topological polar surface area (TPSA) is 74.0 Å². The molecule has 2 heterocycles. The van der Waals surface area contributed by atoms with E-state index in [-0.39, 0.29) is 0 Å². The van der Waals surface area contributed by atoms with E-state index in [1.165, 1.54) is 6.07 Å². The lowest BCUT2D eigenvalue weighted by molar-refractivity contribution is 0.459. The highest BCUT2D eigenvalue weighted by molar-refractivity contribution is 9.10. The minimum atomic E-state index is -1.44. The molecule has 0 aliphatic carbocycles. The summed E-state index contributed by atoms with van der Waals surface area (Å²) < 4.78 is 37.2. The first-order valence-corrected chi connectivity index (χ1v) is 12.1. The maximum atomic E-state index is 15.4. The van der Waals surface area contributed by atoms with E-state index in [1.807, 2.05) is 69.3 Å². The molecule has 32 heavy (non-hydrogen) atoms. The zero-order chi connectivity index (χ0) is 22.9. The SMILES string of the molecule is CC(C)(C)[S+]([O-])N[C@@H](Cc1cccc(Br)n1)c1c(F)cccc1-c1noc2ccccc12. The van der Waals surface area contributed by atoms with Crippen molar-refractivity contribution in [2.45, 2.75) is 38.0 Å². The molecule has 2 atom stereocenters. The molecule has 0 radical (unpaired) electrons. The van der Waals surface area contributed by atoms with Gasteiger partial charge < -0.3 is 9.08 Å². The van der Waals surface area contributed by atoms with Gasteiger partial charge in [0.05, 0.1) is 6.04 Å². The van der Waals surface area contributed by atoms with E-state index < -0.39 is 28.0 Å². The molecule has 0 spiro atoms. The van der Waals surface area contributed by atoms with Crippen LogP contribution < -0.4 is 4.72 Å². The monoisotopic (exact) mass is 515 g/mol. The average molecular weight is 516 g/mol. The molecule has 4 rings (SSSR count). The van der Waals surface area contributed by atoms with Gasteiger partial charge in [-0.15, -0.1) is 4.72 Å². The molecule has 1 unspecified atom stereocenters. The lowest BCUT2D eigenvalue weighted by atomic mass is 9.93. The standard InChI is InChI=1S/C24H23BrFN3O2S/c1-24(2,3)32(30)29-19(14-15-8-6-13-21(25)27-15)22-17(10-7-11-18(22)26)23-16-9-4-5-12-20(16)31-28-23/h4-13,19,29H,14H2,1-3H3/t19-,32?/m0/s1. The van der Waals surface area contributed by atoms with Gasteiger partial charge in [-0.25, -0.2) is 9.37 Å². The summed E-state index contributed by atoms with van der Waals surface area (Å²) in [6, 6.07) is 17.3. The summed E-state index contributed by atoms with van der Waals surface area (Å²) in [6.45, 7) is 5.62. The average Bonchev–Trinajstić information content (AvgIpc) is 3.16. The fraction of sp³-hybridized carbons (Fsp3) is 0.250. The van der Waals surface area contributed by atoms with Crippen LogP contribution >= 0.6 is 15.9 Å². The van der Waals surface area contributed by atoms with Gasteiger partial charge in [-0.1, -0.05) is 35.5 Å². The Hall–Kier alpha value is -2.26. The molecule has 0 aliphatic rings. The summed E-state index contributed by atoms with van der Waals surface area (Å²) in [7, 11) is 0. The van der Waals surface area contributed by atoms with Gasteiger partial charge in [0.2, 0.25) is 0 Å². The maximum absolute atomic E-state index is 15.4.